The summed E-state index contributed by atoms with van der Waals surface area (Å²) in [5.41, 5.74) is 2.32. The van der Waals surface area contributed by atoms with Crippen LogP contribution >= 0.6 is 11.6 Å². The van der Waals surface area contributed by atoms with E-state index in [-0.39, 0.29) is 5.97 Å². The summed E-state index contributed by atoms with van der Waals surface area (Å²) >= 11 is 6.04. The third kappa shape index (κ3) is 2.78. The van der Waals surface area contributed by atoms with Crippen molar-refractivity contribution in [1.29, 1.82) is 0 Å². The van der Waals surface area contributed by atoms with Gasteiger partial charge in [-0.05, 0) is 24.5 Å². The third-order valence-corrected chi connectivity index (χ3v) is 4.05. The van der Waals surface area contributed by atoms with E-state index >= 15 is 0 Å². The number of rotatable bonds is 4. The van der Waals surface area contributed by atoms with Crippen molar-refractivity contribution in [3.8, 4) is 0 Å². The third-order valence-electron chi connectivity index (χ3n) is 3.64. The smallest absolute Gasteiger partial charge is 0.333 e. The maximum Gasteiger partial charge on any atom is 0.333 e. The van der Waals surface area contributed by atoms with Crippen molar-refractivity contribution in [2.75, 3.05) is 26.7 Å². The molecule has 0 aromatic heterocycles. The van der Waals surface area contributed by atoms with Crippen molar-refractivity contribution in [3.63, 3.8) is 0 Å². The molecule has 0 aromatic carbocycles. The van der Waals surface area contributed by atoms with Gasteiger partial charge in [-0.1, -0.05) is 17.7 Å². The standard InChI is InChI=1S/C14H17ClN2O2/c1-16-7-10(2-5-13(16)15)8-17(11-3-4-11)12-6-14(18)19-9-12/h2,5-6,11H,3-4,7-9H2,1H3. The largest absolute Gasteiger partial charge is 0.456 e. The molecule has 3 aliphatic rings. The normalized spacial score (nSPS) is 22.7. The lowest BCUT2D eigenvalue weighted by Gasteiger charge is -2.30. The molecule has 4 nitrogen and oxygen atoms in total. The molecule has 0 amide bonds. The molecular formula is C14H17ClN2O2. The summed E-state index contributed by atoms with van der Waals surface area (Å²) in [4.78, 5) is 15.5. The van der Waals surface area contributed by atoms with E-state index in [9.17, 15) is 4.79 Å². The molecule has 5 heteroatoms. The molecule has 1 aliphatic carbocycles. The van der Waals surface area contributed by atoms with Crippen LogP contribution in [0.5, 0.6) is 0 Å². The number of hydrogen-bond donors (Lipinski definition) is 0. The molecule has 0 aromatic rings. The topological polar surface area (TPSA) is 32.8 Å². The molecule has 102 valence electrons. The number of hydrogen-bond acceptors (Lipinski definition) is 4. The molecular weight excluding hydrogens is 264 g/mol. The van der Waals surface area contributed by atoms with Crippen molar-refractivity contribution in [1.82, 2.24) is 9.80 Å². The minimum atomic E-state index is -0.224. The molecule has 0 radical (unpaired) electrons. The Balaban J connectivity index is 1.73. The van der Waals surface area contributed by atoms with Gasteiger partial charge in [0, 0.05) is 32.3 Å². The minimum absolute atomic E-state index is 0.224. The van der Waals surface area contributed by atoms with E-state index in [4.69, 9.17) is 16.3 Å². The fraction of sp³-hybridized carbons (Fsp3) is 0.500. The van der Waals surface area contributed by atoms with Gasteiger partial charge in [0.2, 0.25) is 0 Å². The number of carbonyl (C=O) groups excluding carboxylic acids is 1. The lowest BCUT2D eigenvalue weighted by atomic mass is 10.1. The van der Waals surface area contributed by atoms with Crippen LogP contribution in [0, 0.1) is 0 Å². The molecule has 0 bridgehead atoms. The van der Waals surface area contributed by atoms with E-state index in [0.717, 1.165) is 23.9 Å². The van der Waals surface area contributed by atoms with E-state index in [1.165, 1.54) is 18.4 Å². The fourth-order valence-electron chi connectivity index (χ4n) is 2.45. The fourth-order valence-corrected chi connectivity index (χ4v) is 2.57. The van der Waals surface area contributed by atoms with Gasteiger partial charge < -0.3 is 14.5 Å². The maximum absolute atomic E-state index is 11.2. The van der Waals surface area contributed by atoms with Crippen LogP contribution in [-0.4, -0.2) is 48.6 Å². The molecule has 2 heterocycles. The second-order valence-electron chi connectivity index (χ2n) is 5.27. The highest BCUT2D eigenvalue weighted by atomic mass is 35.5. The van der Waals surface area contributed by atoms with Crippen LogP contribution in [0.2, 0.25) is 0 Å². The first-order chi connectivity index (χ1) is 9.13. The first-order valence-electron chi connectivity index (χ1n) is 6.54. The summed E-state index contributed by atoms with van der Waals surface area (Å²) in [5.74, 6) is -0.224. The number of ether oxygens (including phenoxy) is 1. The van der Waals surface area contributed by atoms with Crippen LogP contribution in [0.15, 0.2) is 34.7 Å². The number of esters is 1. The SMILES string of the molecule is CN1CC(CN(C2=CC(=O)OC2)C2CC2)=CC=C1Cl. The van der Waals surface area contributed by atoms with Crippen molar-refractivity contribution in [2.24, 2.45) is 0 Å². The van der Waals surface area contributed by atoms with E-state index in [1.807, 2.05) is 18.0 Å². The first kappa shape index (κ1) is 12.6. The molecule has 3 rings (SSSR count). The number of carbonyl (C=O) groups is 1. The van der Waals surface area contributed by atoms with Crippen LogP contribution in [0.1, 0.15) is 12.8 Å². The molecule has 0 N–H and O–H groups in total. The van der Waals surface area contributed by atoms with Crippen LogP contribution in [0.4, 0.5) is 0 Å². The average Bonchev–Trinajstić information content (AvgIpc) is 3.13. The van der Waals surface area contributed by atoms with E-state index in [2.05, 4.69) is 11.0 Å². The maximum atomic E-state index is 11.2. The second kappa shape index (κ2) is 4.93. The van der Waals surface area contributed by atoms with Gasteiger partial charge in [-0.2, -0.15) is 0 Å². The van der Waals surface area contributed by atoms with Crippen molar-refractivity contribution < 1.29 is 9.53 Å². The summed E-state index contributed by atoms with van der Waals surface area (Å²) in [6.45, 7) is 2.09. The summed E-state index contributed by atoms with van der Waals surface area (Å²) in [6.07, 6.45) is 8.02. The zero-order valence-electron chi connectivity index (χ0n) is 10.9. The lowest BCUT2D eigenvalue weighted by Crippen LogP contribution is -2.32. The predicted molar refractivity (Wildman–Crippen MR) is 73.4 cm³/mol. The highest BCUT2D eigenvalue weighted by Gasteiger charge is 2.33. The number of halogens is 1. The van der Waals surface area contributed by atoms with Crippen molar-refractivity contribution in [3.05, 3.63) is 34.7 Å². The van der Waals surface area contributed by atoms with Crippen molar-refractivity contribution >= 4 is 17.6 Å². The Kier molecular flexibility index (Phi) is 3.27. The van der Waals surface area contributed by atoms with E-state index in [0.29, 0.717) is 12.6 Å². The quantitative estimate of drug-likeness (QED) is 0.581. The highest BCUT2D eigenvalue weighted by Crippen LogP contribution is 2.32. The Labute approximate surface area is 117 Å². The Hall–Kier alpha value is -1.42. The van der Waals surface area contributed by atoms with Gasteiger partial charge in [-0.25, -0.2) is 4.79 Å². The van der Waals surface area contributed by atoms with Crippen molar-refractivity contribution in [2.45, 2.75) is 18.9 Å². The molecule has 0 saturated heterocycles. The molecule has 0 spiro atoms. The minimum Gasteiger partial charge on any atom is -0.456 e. The predicted octanol–water partition coefficient (Wildman–Crippen LogP) is 1.84. The van der Waals surface area contributed by atoms with E-state index < -0.39 is 0 Å². The highest BCUT2D eigenvalue weighted by molar-refractivity contribution is 6.29. The van der Waals surface area contributed by atoms with E-state index in [1.54, 1.807) is 6.08 Å². The molecule has 1 fully saturated rings. The van der Waals surface area contributed by atoms with Gasteiger partial charge >= 0.3 is 5.97 Å². The van der Waals surface area contributed by atoms with Gasteiger partial charge in [0.1, 0.15) is 11.8 Å². The molecule has 0 atom stereocenters. The summed E-state index contributed by atoms with van der Waals surface area (Å²) in [7, 11) is 1.98. The van der Waals surface area contributed by atoms with Gasteiger partial charge in [0.25, 0.3) is 0 Å². The second-order valence-corrected chi connectivity index (χ2v) is 5.66. The average molecular weight is 281 g/mol. The molecule has 0 unspecified atom stereocenters. The molecule has 2 aliphatic heterocycles. The van der Waals surface area contributed by atoms with Gasteiger partial charge in [0.15, 0.2) is 0 Å². The zero-order valence-corrected chi connectivity index (χ0v) is 11.7. The first-order valence-corrected chi connectivity index (χ1v) is 6.91. The van der Waals surface area contributed by atoms with Crippen LogP contribution in [0.3, 0.4) is 0 Å². The number of allylic oxidation sites excluding steroid dienone is 2. The summed E-state index contributed by atoms with van der Waals surface area (Å²) < 4.78 is 5.02. The number of cyclic esters (lactones) is 1. The zero-order chi connectivity index (χ0) is 13.4. The Morgan fingerprint density at radius 3 is 2.84 bits per heavy atom. The number of nitrogens with zero attached hydrogens (tertiary/aromatic N) is 2. The molecule has 19 heavy (non-hydrogen) atoms. The van der Waals surface area contributed by atoms with Crippen LogP contribution in [0.25, 0.3) is 0 Å². The van der Waals surface area contributed by atoms with Gasteiger partial charge in [-0.15, -0.1) is 0 Å². The number of likely N-dealkylation sites (N-methyl/N-ethyl adjacent to an activating group) is 1. The monoisotopic (exact) mass is 280 g/mol. The van der Waals surface area contributed by atoms with Gasteiger partial charge in [0.05, 0.1) is 5.70 Å². The Morgan fingerprint density at radius 1 is 1.47 bits per heavy atom. The lowest BCUT2D eigenvalue weighted by molar-refractivity contribution is -0.135. The Morgan fingerprint density at radius 2 is 2.26 bits per heavy atom. The Bertz CT molecular complexity index is 492. The van der Waals surface area contributed by atoms with Crippen LogP contribution < -0.4 is 0 Å². The van der Waals surface area contributed by atoms with Crippen LogP contribution in [-0.2, 0) is 9.53 Å². The van der Waals surface area contributed by atoms with Gasteiger partial charge in [-0.3, -0.25) is 0 Å². The molecule has 1 saturated carbocycles. The summed E-state index contributed by atoms with van der Waals surface area (Å²) in [5, 5.41) is 0.764. The summed E-state index contributed by atoms with van der Waals surface area (Å²) in [6, 6.07) is 0.563.